The number of hydrogen-bond donors (Lipinski definition) is 1. The summed E-state index contributed by atoms with van der Waals surface area (Å²) >= 11 is 0. The number of hydrogen-bond acceptors (Lipinski definition) is 1. The Morgan fingerprint density at radius 1 is 1.44 bits per heavy atom. The summed E-state index contributed by atoms with van der Waals surface area (Å²) in [6.45, 7) is -3.34. The highest BCUT2D eigenvalue weighted by Crippen LogP contribution is 2.17. The Bertz CT molecular complexity index is 80.4. The van der Waals surface area contributed by atoms with Crippen LogP contribution in [-0.4, -0.2) is 18.2 Å². The van der Waals surface area contributed by atoms with Gasteiger partial charge >= 0.3 is 6.98 Å². The normalized spacial score (nSPS) is 15.7. The third-order valence-electron chi connectivity index (χ3n) is 0.912. The van der Waals surface area contributed by atoms with E-state index in [0.717, 1.165) is 0 Å². The van der Waals surface area contributed by atoms with Crippen molar-refractivity contribution >= 4 is 6.98 Å². The van der Waals surface area contributed by atoms with Gasteiger partial charge in [0, 0.05) is 6.10 Å². The third kappa shape index (κ3) is 7.81. The minimum absolute atomic E-state index is 0.177. The lowest BCUT2D eigenvalue weighted by atomic mass is 9.83. The van der Waals surface area contributed by atoms with Gasteiger partial charge in [-0.1, -0.05) is 12.7 Å². The second-order valence-electron chi connectivity index (χ2n) is 2.14. The number of aliphatic hydroxyl groups excluding tert-OH is 1. The van der Waals surface area contributed by atoms with E-state index < -0.39 is 19.4 Å². The summed E-state index contributed by atoms with van der Waals surface area (Å²) in [6, 6.07) is 0. The molecule has 0 aromatic carbocycles. The van der Waals surface area contributed by atoms with Crippen LogP contribution in [0.4, 0.5) is 12.9 Å². The van der Waals surface area contributed by atoms with Gasteiger partial charge in [0.1, 0.15) is 0 Å². The highest BCUT2D eigenvalue weighted by molar-refractivity contribution is 6.58. The van der Waals surface area contributed by atoms with Gasteiger partial charge in [0.2, 0.25) is 0 Å². The summed E-state index contributed by atoms with van der Waals surface area (Å²) in [7, 11) is 0. The van der Waals surface area contributed by atoms with Crippen LogP contribution >= 0.6 is 0 Å². The number of halogens is 3. The molecule has 56 valence electrons. The van der Waals surface area contributed by atoms with Crippen LogP contribution in [-0.2, 0) is 0 Å². The van der Waals surface area contributed by atoms with Crippen molar-refractivity contribution in [2.75, 3.05) is 0 Å². The smallest absolute Gasteiger partial charge is 0.449 e. The molecule has 0 heterocycles. The second-order valence-corrected chi connectivity index (χ2v) is 2.14. The van der Waals surface area contributed by atoms with Crippen molar-refractivity contribution in [2.24, 2.45) is 0 Å². The molecule has 1 unspecified atom stereocenters. The van der Waals surface area contributed by atoms with E-state index in [1.165, 1.54) is 6.92 Å². The van der Waals surface area contributed by atoms with E-state index in [9.17, 15) is 12.9 Å². The standard InChI is InChI=1S/C4H9BF3O/c1-4(9)2-3-5(6,7)8/h4,9H,2-3H2,1H3/q-1. The zero-order valence-electron chi connectivity index (χ0n) is 5.15. The molecule has 1 atom stereocenters. The molecule has 0 aliphatic carbocycles. The largest absolute Gasteiger partial charge is 0.478 e. The molecule has 1 nitrogen and oxygen atoms in total. The zero-order chi connectivity index (χ0) is 7.49. The van der Waals surface area contributed by atoms with Crippen molar-refractivity contribution in [3.63, 3.8) is 0 Å². The summed E-state index contributed by atoms with van der Waals surface area (Å²) in [5.74, 6) is 0. The van der Waals surface area contributed by atoms with Gasteiger partial charge in [-0.15, -0.1) is 0 Å². The molecule has 5 heteroatoms. The molecule has 0 aromatic heterocycles. The first-order chi connectivity index (χ1) is 3.92. The molecule has 0 bridgehead atoms. The lowest BCUT2D eigenvalue weighted by Crippen LogP contribution is -2.16. The maximum absolute atomic E-state index is 11.4. The number of rotatable bonds is 3. The lowest BCUT2D eigenvalue weighted by Gasteiger charge is -2.13. The highest BCUT2D eigenvalue weighted by Gasteiger charge is 2.22. The van der Waals surface area contributed by atoms with E-state index >= 15 is 0 Å². The predicted octanol–water partition coefficient (Wildman–Crippen LogP) is 1.60. The quantitative estimate of drug-likeness (QED) is 0.591. The van der Waals surface area contributed by atoms with Gasteiger partial charge in [0.15, 0.2) is 0 Å². The van der Waals surface area contributed by atoms with Gasteiger partial charge in [-0.2, -0.15) is 0 Å². The van der Waals surface area contributed by atoms with Crippen molar-refractivity contribution in [2.45, 2.75) is 25.8 Å². The van der Waals surface area contributed by atoms with Crippen LogP contribution in [0, 0.1) is 0 Å². The fourth-order valence-corrected chi connectivity index (χ4v) is 0.430. The molecule has 1 N–H and O–H groups in total. The minimum Gasteiger partial charge on any atom is -0.449 e. The van der Waals surface area contributed by atoms with Crippen molar-refractivity contribution in [1.82, 2.24) is 0 Å². The molecule has 0 amide bonds. The topological polar surface area (TPSA) is 20.2 Å². The second kappa shape index (κ2) is 3.10. The van der Waals surface area contributed by atoms with Crippen LogP contribution < -0.4 is 0 Å². The van der Waals surface area contributed by atoms with Gasteiger partial charge in [-0.05, 0) is 6.92 Å². The lowest BCUT2D eigenvalue weighted by molar-refractivity contribution is 0.187. The summed E-state index contributed by atoms with van der Waals surface area (Å²) in [5.41, 5.74) is 0. The Morgan fingerprint density at radius 3 is 2.00 bits per heavy atom. The van der Waals surface area contributed by atoms with Crippen molar-refractivity contribution < 1.29 is 18.1 Å². The van der Waals surface area contributed by atoms with E-state index in [0.29, 0.717) is 0 Å². The molecular formula is C4H9BF3O-. The van der Waals surface area contributed by atoms with Gasteiger partial charge in [-0.3, -0.25) is 0 Å². The predicted molar refractivity (Wildman–Crippen MR) is 30.2 cm³/mol. The first kappa shape index (κ1) is 8.81. The van der Waals surface area contributed by atoms with Crippen molar-refractivity contribution in [3.8, 4) is 0 Å². The van der Waals surface area contributed by atoms with Gasteiger partial charge < -0.3 is 18.1 Å². The SMILES string of the molecule is CC(O)CC[B-](F)(F)F. The van der Waals surface area contributed by atoms with Crippen LogP contribution in [0.5, 0.6) is 0 Å². The fourth-order valence-electron chi connectivity index (χ4n) is 0.430. The van der Waals surface area contributed by atoms with E-state index in [1.807, 2.05) is 0 Å². The molecule has 9 heavy (non-hydrogen) atoms. The molecule has 0 aromatic rings. The van der Waals surface area contributed by atoms with Gasteiger partial charge in [0.05, 0.1) is 0 Å². The Morgan fingerprint density at radius 2 is 1.89 bits per heavy atom. The summed E-state index contributed by atoms with van der Waals surface area (Å²) in [5, 5.41) is 8.43. The summed E-state index contributed by atoms with van der Waals surface area (Å²) < 4.78 is 34.1. The van der Waals surface area contributed by atoms with Crippen LogP contribution in [0.25, 0.3) is 0 Å². The Kier molecular flexibility index (Phi) is 3.04. The third-order valence-corrected chi connectivity index (χ3v) is 0.912. The van der Waals surface area contributed by atoms with E-state index in [2.05, 4.69) is 0 Å². The first-order valence-corrected chi connectivity index (χ1v) is 2.81. The summed E-state index contributed by atoms with van der Waals surface area (Å²) in [4.78, 5) is 0. The minimum atomic E-state index is -4.69. The molecule has 0 saturated heterocycles. The van der Waals surface area contributed by atoms with Crippen LogP contribution in [0.2, 0.25) is 6.32 Å². The van der Waals surface area contributed by atoms with Gasteiger partial charge in [-0.25, -0.2) is 0 Å². The first-order valence-electron chi connectivity index (χ1n) is 2.81. The Balaban J connectivity index is 3.28. The number of aliphatic hydroxyl groups is 1. The van der Waals surface area contributed by atoms with Crippen LogP contribution in [0.1, 0.15) is 13.3 Å². The van der Waals surface area contributed by atoms with Crippen LogP contribution in [0.15, 0.2) is 0 Å². The van der Waals surface area contributed by atoms with E-state index in [1.54, 1.807) is 0 Å². The average Bonchev–Trinajstić information content (AvgIpc) is 1.59. The van der Waals surface area contributed by atoms with E-state index in [4.69, 9.17) is 5.11 Å². The van der Waals surface area contributed by atoms with Crippen molar-refractivity contribution in [3.05, 3.63) is 0 Å². The van der Waals surface area contributed by atoms with E-state index in [-0.39, 0.29) is 6.42 Å². The zero-order valence-corrected chi connectivity index (χ0v) is 5.15. The monoisotopic (exact) mass is 141 g/mol. The maximum atomic E-state index is 11.4. The molecule has 0 radical (unpaired) electrons. The van der Waals surface area contributed by atoms with Crippen LogP contribution in [0.3, 0.4) is 0 Å². The average molecular weight is 141 g/mol. The summed E-state index contributed by atoms with van der Waals surface area (Å²) in [6.07, 6.45) is -1.85. The molecule has 0 aliphatic rings. The molecule has 0 rings (SSSR count). The molecule has 0 fully saturated rings. The molecule has 0 aliphatic heterocycles. The van der Waals surface area contributed by atoms with Crippen molar-refractivity contribution in [1.29, 1.82) is 0 Å². The fraction of sp³-hybridized carbons (Fsp3) is 1.00. The maximum Gasteiger partial charge on any atom is 0.478 e. The van der Waals surface area contributed by atoms with Gasteiger partial charge in [0.25, 0.3) is 0 Å². The molecular weight excluding hydrogens is 132 g/mol. The molecule has 0 spiro atoms. The highest BCUT2D eigenvalue weighted by atomic mass is 19.4. The Labute approximate surface area is 51.9 Å². The molecule has 0 saturated carbocycles. The Hall–Kier alpha value is -0.185.